The van der Waals surface area contributed by atoms with Gasteiger partial charge in [0.25, 0.3) is 0 Å². The Morgan fingerprint density at radius 3 is 2.50 bits per heavy atom. The number of pyridine rings is 1. The normalized spacial score (nSPS) is 11.4. The van der Waals surface area contributed by atoms with Gasteiger partial charge >= 0.3 is 0 Å². The molecule has 0 bridgehead atoms. The molecular formula is C13H13BrN2O3S. The van der Waals surface area contributed by atoms with Crippen LogP contribution in [0.5, 0.6) is 11.6 Å². The lowest BCUT2D eigenvalue weighted by molar-refractivity contribution is 0.454. The van der Waals surface area contributed by atoms with E-state index in [2.05, 4.69) is 20.9 Å². The lowest BCUT2D eigenvalue weighted by Crippen LogP contribution is -2.14. The number of aromatic nitrogens is 1. The Hall–Kier alpha value is -1.44. The molecule has 106 valence electrons. The number of primary sulfonamides is 1. The van der Waals surface area contributed by atoms with Crippen molar-refractivity contribution in [3.8, 4) is 11.6 Å². The first-order valence-corrected chi connectivity index (χ1v) is 8.06. The van der Waals surface area contributed by atoms with E-state index in [1.165, 1.54) is 6.20 Å². The zero-order valence-electron chi connectivity index (χ0n) is 10.9. The van der Waals surface area contributed by atoms with E-state index in [4.69, 9.17) is 9.88 Å². The van der Waals surface area contributed by atoms with Crippen molar-refractivity contribution in [1.29, 1.82) is 0 Å². The van der Waals surface area contributed by atoms with Crippen LogP contribution in [0.15, 0.2) is 39.8 Å². The minimum atomic E-state index is -3.80. The zero-order chi connectivity index (χ0) is 14.9. The van der Waals surface area contributed by atoms with E-state index in [0.29, 0.717) is 21.7 Å². The van der Waals surface area contributed by atoms with Crippen LogP contribution in [0.1, 0.15) is 11.1 Å². The maximum Gasteiger partial charge on any atom is 0.239 e. The highest BCUT2D eigenvalue weighted by molar-refractivity contribution is 9.10. The summed E-state index contributed by atoms with van der Waals surface area (Å²) >= 11 is 3.30. The van der Waals surface area contributed by atoms with Gasteiger partial charge in [-0.25, -0.2) is 18.5 Å². The number of aryl methyl sites for hydroxylation is 1. The molecule has 0 spiro atoms. The Morgan fingerprint density at radius 2 is 1.90 bits per heavy atom. The van der Waals surface area contributed by atoms with E-state index in [1.807, 2.05) is 31.2 Å². The van der Waals surface area contributed by atoms with Crippen LogP contribution in [0, 0.1) is 13.8 Å². The molecule has 5 nitrogen and oxygen atoms in total. The van der Waals surface area contributed by atoms with Gasteiger partial charge in [0.05, 0.1) is 10.7 Å². The van der Waals surface area contributed by atoms with Crippen molar-refractivity contribution >= 4 is 26.0 Å². The average Bonchev–Trinajstić information content (AvgIpc) is 2.36. The highest BCUT2D eigenvalue weighted by Crippen LogP contribution is 2.33. The average molecular weight is 357 g/mol. The van der Waals surface area contributed by atoms with Crippen molar-refractivity contribution in [2.45, 2.75) is 18.7 Å². The van der Waals surface area contributed by atoms with Crippen LogP contribution >= 0.6 is 15.9 Å². The van der Waals surface area contributed by atoms with Crippen LogP contribution in [0.2, 0.25) is 0 Å². The lowest BCUT2D eigenvalue weighted by atomic mass is 10.2. The van der Waals surface area contributed by atoms with E-state index >= 15 is 0 Å². The molecule has 0 aliphatic heterocycles. The van der Waals surface area contributed by atoms with Crippen LogP contribution in [-0.4, -0.2) is 13.4 Å². The van der Waals surface area contributed by atoms with Gasteiger partial charge in [-0.1, -0.05) is 18.2 Å². The third kappa shape index (κ3) is 3.00. The summed E-state index contributed by atoms with van der Waals surface area (Å²) < 4.78 is 29.0. The summed E-state index contributed by atoms with van der Waals surface area (Å²) in [5.74, 6) is 0.952. The summed E-state index contributed by atoms with van der Waals surface area (Å²) in [5.41, 5.74) is 1.42. The molecule has 2 rings (SSSR count). The molecule has 0 aliphatic rings. The first kappa shape index (κ1) is 15.0. The van der Waals surface area contributed by atoms with Gasteiger partial charge in [-0.05, 0) is 47.0 Å². The smallest absolute Gasteiger partial charge is 0.239 e. The number of hydrogen-bond acceptors (Lipinski definition) is 4. The fourth-order valence-electron chi connectivity index (χ4n) is 1.67. The van der Waals surface area contributed by atoms with Gasteiger partial charge in [0.1, 0.15) is 10.6 Å². The second-order valence-electron chi connectivity index (χ2n) is 4.28. The van der Waals surface area contributed by atoms with Crippen LogP contribution in [-0.2, 0) is 10.0 Å². The van der Waals surface area contributed by atoms with E-state index in [1.54, 1.807) is 6.92 Å². The van der Waals surface area contributed by atoms with Crippen LogP contribution < -0.4 is 9.88 Å². The first-order valence-electron chi connectivity index (χ1n) is 5.72. The van der Waals surface area contributed by atoms with Crippen molar-refractivity contribution < 1.29 is 13.2 Å². The summed E-state index contributed by atoms with van der Waals surface area (Å²) in [5, 5.41) is 5.12. The number of para-hydroxylation sites is 1. The Morgan fingerprint density at radius 1 is 1.25 bits per heavy atom. The number of nitrogens with zero attached hydrogens (tertiary/aromatic N) is 1. The monoisotopic (exact) mass is 356 g/mol. The van der Waals surface area contributed by atoms with Crippen LogP contribution in [0.25, 0.3) is 0 Å². The number of halogens is 1. The Balaban J connectivity index is 2.46. The topological polar surface area (TPSA) is 82.3 Å². The minimum absolute atomic E-state index is 0.0264. The molecule has 0 radical (unpaired) electrons. The molecule has 2 aromatic rings. The van der Waals surface area contributed by atoms with Crippen molar-refractivity contribution in [3.63, 3.8) is 0 Å². The highest BCUT2D eigenvalue weighted by atomic mass is 79.9. The second kappa shape index (κ2) is 5.51. The number of sulfonamides is 1. The standard InChI is InChI=1S/C13H13BrN2O3S/c1-8-5-3-4-6-10(8)19-13-12(14)9(2)11(7-16-13)20(15,17)18/h3-7H,1-2H3,(H2,15,17,18). The molecule has 7 heteroatoms. The fraction of sp³-hybridized carbons (Fsp3) is 0.154. The van der Waals surface area contributed by atoms with E-state index in [0.717, 1.165) is 5.56 Å². The first-order chi connectivity index (χ1) is 9.30. The SMILES string of the molecule is Cc1ccccc1Oc1ncc(S(N)(=O)=O)c(C)c1Br. The molecule has 0 unspecified atom stereocenters. The molecule has 2 N–H and O–H groups in total. The molecule has 0 atom stereocenters. The van der Waals surface area contributed by atoms with Gasteiger partial charge in [0, 0.05) is 0 Å². The summed E-state index contributed by atoms with van der Waals surface area (Å²) in [6.45, 7) is 3.55. The highest BCUT2D eigenvalue weighted by Gasteiger charge is 2.18. The van der Waals surface area contributed by atoms with Gasteiger partial charge in [-0.15, -0.1) is 0 Å². The van der Waals surface area contributed by atoms with Crippen LogP contribution in [0.3, 0.4) is 0 Å². The molecule has 0 saturated heterocycles. The number of benzene rings is 1. The van der Waals surface area contributed by atoms with Gasteiger partial charge < -0.3 is 4.74 Å². The summed E-state index contributed by atoms with van der Waals surface area (Å²) in [4.78, 5) is 3.99. The van der Waals surface area contributed by atoms with Gasteiger partial charge in [0.15, 0.2) is 0 Å². The predicted molar refractivity (Wildman–Crippen MR) is 79.3 cm³/mol. The Kier molecular flexibility index (Phi) is 4.12. The van der Waals surface area contributed by atoms with Crippen molar-refractivity contribution in [2.24, 2.45) is 5.14 Å². The van der Waals surface area contributed by atoms with E-state index in [9.17, 15) is 8.42 Å². The number of nitrogens with two attached hydrogens (primary N) is 1. The third-order valence-electron chi connectivity index (χ3n) is 2.79. The molecule has 20 heavy (non-hydrogen) atoms. The number of hydrogen-bond donors (Lipinski definition) is 1. The molecule has 0 fully saturated rings. The maximum atomic E-state index is 11.4. The van der Waals surface area contributed by atoms with Crippen molar-refractivity contribution in [3.05, 3.63) is 46.1 Å². The van der Waals surface area contributed by atoms with Crippen molar-refractivity contribution in [2.75, 3.05) is 0 Å². The fourth-order valence-corrected chi connectivity index (χ4v) is 2.93. The Labute approximate surface area is 126 Å². The summed E-state index contributed by atoms with van der Waals surface area (Å²) in [6.07, 6.45) is 1.20. The molecule has 0 saturated carbocycles. The third-order valence-corrected chi connectivity index (χ3v) is 4.75. The van der Waals surface area contributed by atoms with Gasteiger partial charge in [-0.3, -0.25) is 0 Å². The molecular weight excluding hydrogens is 344 g/mol. The largest absolute Gasteiger partial charge is 0.438 e. The zero-order valence-corrected chi connectivity index (χ0v) is 13.3. The Bertz CT molecular complexity index is 760. The van der Waals surface area contributed by atoms with Gasteiger partial charge in [-0.2, -0.15) is 0 Å². The maximum absolute atomic E-state index is 11.4. The summed E-state index contributed by atoms with van der Waals surface area (Å²) in [6, 6.07) is 7.48. The number of ether oxygens (including phenoxy) is 1. The quantitative estimate of drug-likeness (QED) is 0.916. The molecule has 0 amide bonds. The molecule has 0 aliphatic carbocycles. The van der Waals surface area contributed by atoms with Crippen LogP contribution in [0.4, 0.5) is 0 Å². The molecule has 1 aromatic carbocycles. The van der Waals surface area contributed by atoms with E-state index in [-0.39, 0.29) is 4.90 Å². The second-order valence-corrected chi connectivity index (χ2v) is 6.60. The predicted octanol–water partition coefficient (Wildman–Crippen LogP) is 2.90. The van der Waals surface area contributed by atoms with Crippen molar-refractivity contribution in [1.82, 2.24) is 4.98 Å². The number of rotatable bonds is 3. The molecule has 1 aromatic heterocycles. The molecule has 1 heterocycles. The lowest BCUT2D eigenvalue weighted by Gasteiger charge is -2.12. The van der Waals surface area contributed by atoms with Gasteiger partial charge in [0.2, 0.25) is 15.9 Å². The summed E-state index contributed by atoms with van der Waals surface area (Å²) in [7, 11) is -3.80. The van der Waals surface area contributed by atoms with E-state index < -0.39 is 10.0 Å². The minimum Gasteiger partial charge on any atom is -0.438 e.